The number of benzene rings is 4. The molecule has 9 nitrogen and oxygen atoms in total. The van der Waals surface area contributed by atoms with E-state index in [4.69, 9.17) is 14.2 Å². The Bertz CT molecular complexity index is 1860. The van der Waals surface area contributed by atoms with E-state index in [-0.39, 0.29) is 5.91 Å². The number of hydrogen-bond acceptors (Lipinski definition) is 8. The first-order valence-electron chi connectivity index (χ1n) is 15.6. The molecule has 240 valence electrons. The lowest BCUT2D eigenvalue weighted by Crippen LogP contribution is -2.32. The van der Waals surface area contributed by atoms with Crippen molar-refractivity contribution in [3.63, 3.8) is 0 Å². The third kappa shape index (κ3) is 7.53. The quantitative estimate of drug-likeness (QED) is 0.160. The van der Waals surface area contributed by atoms with Crippen molar-refractivity contribution in [2.75, 3.05) is 45.1 Å². The number of aromatic nitrogens is 2. The maximum Gasteiger partial charge on any atom is 0.255 e. The largest absolute Gasteiger partial charge is 0.497 e. The molecule has 2 N–H and O–H groups in total. The molecule has 0 fully saturated rings. The van der Waals surface area contributed by atoms with Crippen molar-refractivity contribution in [1.82, 2.24) is 14.9 Å². The molecule has 0 unspecified atom stereocenters. The summed E-state index contributed by atoms with van der Waals surface area (Å²) in [5.74, 6) is 2.60. The minimum absolute atomic E-state index is 0.187. The molecule has 9 heteroatoms. The molecule has 0 spiro atoms. The number of anilines is 3. The lowest BCUT2D eigenvalue weighted by Gasteiger charge is -2.29. The Kier molecular flexibility index (Phi) is 9.64. The first kappa shape index (κ1) is 31.6. The van der Waals surface area contributed by atoms with E-state index in [0.717, 1.165) is 77.9 Å². The molecule has 2 heterocycles. The van der Waals surface area contributed by atoms with Gasteiger partial charge in [0, 0.05) is 48.3 Å². The fourth-order valence-electron chi connectivity index (χ4n) is 5.74. The average molecular weight is 630 g/mol. The van der Waals surface area contributed by atoms with Gasteiger partial charge in [0.15, 0.2) is 11.5 Å². The fraction of sp³-hybridized carbons (Fsp3) is 0.237. The van der Waals surface area contributed by atoms with Crippen LogP contribution in [0.1, 0.15) is 32.6 Å². The normalized spacial score (nSPS) is 12.6. The molecule has 1 aliphatic heterocycles. The number of nitrogens with zero attached hydrogens (tertiary/aromatic N) is 3. The highest BCUT2D eigenvalue weighted by molar-refractivity contribution is 6.05. The Morgan fingerprint density at radius 2 is 1.60 bits per heavy atom. The van der Waals surface area contributed by atoms with Gasteiger partial charge in [-0.25, -0.2) is 9.97 Å². The molecule has 4 aromatic carbocycles. The van der Waals surface area contributed by atoms with Gasteiger partial charge in [-0.2, -0.15) is 0 Å². The van der Waals surface area contributed by atoms with Crippen molar-refractivity contribution in [2.45, 2.75) is 26.3 Å². The van der Waals surface area contributed by atoms with Gasteiger partial charge in [0.25, 0.3) is 5.91 Å². The van der Waals surface area contributed by atoms with E-state index in [2.05, 4.69) is 49.8 Å². The van der Waals surface area contributed by atoms with Crippen LogP contribution in [0.2, 0.25) is 0 Å². The van der Waals surface area contributed by atoms with E-state index in [0.29, 0.717) is 11.5 Å². The van der Waals surface area contributed by atoms with E-state index >= 15 is 0 Å². The van der Waals surface area contributed by atoms with Gasteiger partial charge in [-0.1, -0.05) is 18.2 Å². The number of methoxy groups -OCH3 is 3. The maximum absolute atomic E-state index is 13.2. The lowest BCUT2D eigenvalue weighted by molar-refractivity contribution is 0.102. The summed E-state index contributed by atoms with van der Waals surface area (Å²) in [5.41, 5.74) is 8.58. The second-order valence-corrected chi connectivity index (χ2v) is 11.6. The van der Waals surface area contributed by atoms with Crippen molar-refractivity contribution in [1.29, 1.82) is 0 Å². The highest BCUT2D eigenvalue weighted by atomic mass is 16.5. The first-order chi connectivity index (χ1) is 22.9. The molecule has 0 saturated carbocycles. The predicted molar refractivity (Wildman–Crippen MR) is 185 cm³/mol. The summed E-state index contributed by atoms with van der Waals surface area (Å²) < 4.78 is 16.2. The molecular weight excluding hydrogens is 590 g/mol. The van der Waals surface area contributed by atoms with Crippen LogP contribution in [0, 0.1) is 6.92 Å². The van der Waals surface area contributed by atoms with Gasteiger partial charge in [-0.15, -0.1) is 0 Å². The van der Waals surface area contributed by atoms with Gasteiger partial charge in [-0.3, -0.25) is 9.69 Å². The van der Waals surface area contributed by atoms with Gasteiger partial charge in [0.05, 0.1) is 27.0 Å². The molecule has 6 rings (SSSR count). The fourth-order valence-corrected chi connectivity index (χ4v) is 5.74. The van der Waals surface area contributed by atoms with E-state index < -0.39 is 0 Å². The maximum atomic E-state index is 13.2. The summed E-state index contributed by atoms with van der Waals surface area (Å²) in [7, 11) is 4.99. The molecule has 0 bridgehead atoms. The molecule has 0 radical (unpaired) electrons. The minimum Gasteiger partial charge on any atom is -0.497 e. The molecule has 0 aliphatic carbocycles. The smallest absolute Gasteiger partial charge is 0.255 e. The third-order valence-electron chi connectivity index (χ3n) is 8.51. The SMILES string of the molecule is COc1ccc(-c2ccnc(Nc3cc(C(=O)Nc4ccc(CCN5CCc6cc(OC)c(OC)cc6C5)cc4)ccc3C)n2)cc1. The third-order valence-corrected chi connectivity index (χ3v) is 8.51. The summed E-state index contributed by atoms with van der Waals surface area (Å²) in [6.45, 7) is 4.82. The van der Waals surface area contributed by atoms with Crippen LogP contribution in [0.25, 0.3) is 11.3 Å². The molecule has 1 aromatic heterocycles. The van der Waals surface area contributed by atoms with Gasteiger partial charge in [0.1, 0.15) is 5.75 Å². The number of rotatable bonds is 11. The summed E-state index contributed by atoms with van der Waals surface area (Å²) >= 11 is 0. The van der Waals surface area contributed by atoms with Crippen molar-refractivity contribution < 1.29 is 19.0 Å². The van der Waals surface area contributed by atoms with Gasteiger partial charge in [-0.05, 0) is 109 Å². The Balaban J connectivity index is 1.05. The molecule has 1 aliphatic rings. The topological polar surface area (TPSA) is 97.8 Å². The zero-order valence-electron chi connectivity index (χ0n) is 27.2. The van der Waals surface area contributed by atoms with E-state index in [1.54, 1.807) is 27.5 Å². The van der Waals surface area contributed by atoms with Crippen LogP contribution in [0.3, 0.4) is 0 Å². The molecule has 5 aromatic rings. The van der Waals surface area contributed by atoms with Crippen LogP contribution in [0.4, 0.5) is 17.3 Å². The molecule has 0 saturated heterocycles. The van der Waals surface area contributed by atoms with Crippen LogP contribution < -0.4 is 24.8 Å². The standard InChI is InChI=1S/C38H39N5O4/c1-25-5-8-29(21-34(25)42-38-39-18-15-33(41-38)27-9-13-32(45-2)14-10-27)37(44)40-31-11-6-26(7-12-31)16-19-43-20-17-28-22-35(46-3)36(47-4)23-30(28)24-43/h5-15,18,21-23H,16-17,19-20,24H2,1-4H3,(H,40,44)(H,39,41,42). The number of amides is 1. The molecule has 0 atom stereocenters. The molecular formula is C38H39N5O4. The van der Waals surface area contributed by atoms with Crippen LogP contribution in [0.15, 0.2) is 91.1 Å². The number of carbonyl (C=O) groups is 1. The summed E-state index contributed by atoms with van der Waals surface area (Å²) in [6, 6.07) is 27.4. The summed E-state index contributed by atoms with van der Waals surface area (Å²) in [6.07, 6.45) is 3.62. The van der Waals surface area contributed by atoms with E-state index in [1.165, 1.54) is 16.7 Å². The van der Waals surface area contributed by atoms with E-state index in [1.807, 2.05) is 67.6 Å². The zero-order valence-corrected chi connectivity index (χ0v) is 27.2. The average Bonchev–Trinajstić information content (AvgIpc) is 3.11. The minimum atomic E-state index is -0.187. The van der Waals surface area contributed by atoms with Crippen molar-refractivity contribution in [3.05, 3.63) is 119 Å². The van der Waals surface area contributed by atoms with Crippen LogP contribution in [-0.4, -0.2) is 55.2 Å². The van der Waals surface area contributed by atoms with Crippen molar-refractivity contribution in [2.24, 2.45) is 0 Å². The van der Waals surface area contributed by atoms with Crippen LogP contribution >= 0.6 is 0 Å². The zero-order chi connectivity index (χ0) is 32.8. The highest BCUT2D eigenvalue weighted by Gasteiger charge is 2.19. The number of hydrogen-bond donors (Lipinski definition) is 2. The van der Waals surface area contributed by atoms with Gasteiger partial charge in [0.2, 0.25) is 5.95 Å². The monoisotopic (exact) mass is 629 g/mol. The lowest BCUT2D eigenvalue weighted by atomic mass is 9.98. The Morgan fingerprint density at radius 1 is 0.851 bits per heavy atom. The van der Waals surface area contributed by atoms with Crippen LogP contribution in [-0.2, 0) is 19.4 Å². The summed E-state index contributed by atoms with van der Waals surface area (Å²) in [4.78, 5) is 24.8. The molecule has 47 heavy (non-hydrogen) atoms. The second kappa shape index (κ2) is 14.3. The number of ether oxygens (including phenoxy) is 3. The Morgan fingerprint density at radius 3 is 2.32 bits per heavy atom. The second-order valence-electron chi connectivity index (χ2n) is 11.6. The number of aryl methyl sites for hydroxylation is 1. The van der Waals surface area contributed by atoms with Crippen molar-refractivity contribution in [3.8, 4) is 28.5 Å². The number of fused-ring (bicyclic) bond motifs is 1. The summed E-state index contributed by atoms with van der Waals surface area (Å²) in [5, 5.41) is 6.32. The molecule has 1 amide bonds. The van der Waals surface area contributed by atoms with Gasteiger partial charge < -0.3 is 24.8 Å². The van der Waals surface area contributed by atoms with Gasteiger partial charge >= 0.3 is 0 Å². The van der Waals surface area contributed by atoms with E-state index in [9.17, 15) is 4.79 Å². The highest BCUT2D eigenvalue weighted by Crippen LogP contribution is 2.33. The number of carbonyl (C=O) groups excluding carboxylic acids is 1. The van der Waals surface area contributed by atoms with Crippen molar-refractivity contribution >= 4 is 23.2 Å². The number of nitrogens with one attached hydrogen (secondary N) is 2. The van der Waals surface area contributed by atoms with Crippen LogP contribution in [0.5, 0.6) is 17.2 Å². The Hall–Kier alpha value is -5.41. The first-order valence-corrected chi connectivity index (χ1v) is 15.6. The Labute approximate surface area is 275 Å². The predicted octanol–water partition coefficient (Wildman–Crippen LogP) is 7.07.